The van der Waals surface area contributed by atoms with Gasteiger partial charge < -0.3 is 5.11 Å². The summed E-state index contributed by atoms with van der Waals surface area (Å²) in [7, 11) is 0. The van der Waals surface area contributed by atoms with Gasteiger partial charge in [0, 0.05) is 0 Å². The lowest BCUT2D eigenvalue weighted by atomic mass is 10.0. The highest BCUT2D eigenvalue weighted by molar-refractivity contribution is 7.07. The zero-order chi connectivity index (χ0) is 13.5. The van der Waals surface area contributed by atoms with Crippen LogP contribution in [0.4, 0.5) is 0 Å². The van der Waals surface area contributed by atoms with Crippen molar-refractivity contribution in [3.05, 3.63) is 52.5 Å². The highest BCUT2D eigenvalue weighted by Gasteiger charge is 2.13. The average Bonchev–Trinajstić information content (AvgIpc) is 2.93. The summed E-state index contributed by atoms with van der Waals surface area (Å²) in [6.07, 6.45) is 6.51. The van der Waals surface area contributed by atoms with Gasteiger partial charge in [-0.25, -0.2) is 0 Å². The molecular weight excluding hydrogens is 254 g/mol. The molecule has 0 aliphatic carbocycles. The van der Waals surface area contributed by atoms with Gasteiger partial charge in [0.15, 0.2) is 12.7 Å². The van der Waals surface area contributed by atoms with Crippen molar-refractivity contribution < 1.29 is 9.67 Å². The molecule has 2 aromatic rings. The number of aliphatic hydroxyl groups excluding tert-OH is 1. The lowest BCUT2D eigenvalue weighted by molar-refractivity contribution is -0.700. The number of benzene rings is 1. The fourth-order valence-corrected chi connectivity index (χ4v) is 2.77. The van der Waals surface area contributed by atoms with Gasteiger partial charge in [0.05, 0.1) is 5.38 Å². The highest BCUT2D eigenvalue weighted by atomic mass is 32.1. The third-order valence-electron chi connectivity index (χ3n) is 3.34. The van der Waals surface area contributed by atoms with E-state index in [2.05, 4.69) is 31.2 Å². The first-order valence-corrected chi connectivity index (χ1v) is 7.92. The van der Waals surface area contributed by atoms with Crippen molar-refractivity contribution in [2.24, 2.45) is 0 Å². The normalized spacial score (nSPS) is 12.5. The quantitative estimate of drug-likeness (QED) is 0.607. The van der Waals surface area contributed by atoms with E-state index in [9.17, 15) is 5.11 Å². The van der Waals surface area contributed by atoms with Crippen LogP contribution in [0.15, 0.2) is 41.4 Å². The lowest BCUT2D eigenvalue weighted by Crippen LogP contribution is -2.33. The molecule has 0 aliphatic heterocycles. The van der Waals surface area contributed by atoms with E-state index in [1.165, 1.54) is 24.8 Å². The second-order valence-electron chi connectivity index (χ2n) is 4.94. The largest absolute Gasteiger partial charge is 0.382 e. The van der Waals surface area contributed by atoms with E-state index >= 15 is 0 Å². The van der Waals surface area contributed by atoms with Crippen LogP contribution < -0.4 is 4.57 Å². The third-order valence-corrected chi connectivity index (χ3v) is 4.02. The Kier molecular flexibility index (Phi) is 5.55. The molecule has 0 fully saturated rings. The fourth-order valence-electron chi connectivity index (χ4n) is 2.16. The second kappa shape index (κ2) is 7.41. The van der Waals surface area contributed by atoms with E-state index in [0.717, 1.165) is 12.0 Å². The lowest BCUT2D eigenvalue weighted by Gasteiger charge is -2.08. The van der Waals surface area contributed by atoms with Gasteiger partial charge in [0.25, 0.3) is 0 Å². The Balaban J connectivity index is 1.90. The minimum Gasteiger partial charge on any atom is -0.382 e. The summed E-state index contributed by atoms with van der Waals surface area (Å²) in [5, 5.41) is 12.2. The number of rotatable bonds is 7. The standard InChI is InChI=1S/C16H22NOS/c1-2-3-4-5-14-6-8-15(9-7-14)16(18)12-17-10-11-19-13-17/h6-11,13,16,18H,2-5,12H2,1H3/q+1. The Morgan fingerprint density at radius 1 is 1.21 bits per heavy atom. The summed E-state index contributed by atoms with van der Waals surface area (Å²) in [6.45, 7) is 2.85. The van der Waals surface area contributed by atoms with Crippen molar-refractivity contribution in [1.82, 2.24) is 0 Å². The predicted octanol–water partition coefficient (Wildman–Crippen LogP) is 3.50. The molecular formula is C16H22NOS+. The molecule has 1 heterocycles. The van der Waals surface area contributed by atoms with Crippen molar-refractivity contribution in [3.63, 3.8) is 0 Å². The molecule has 1 unspecified atom stereocenters. The molecule has 1 aromatic heterocycles. The molecule has 2 nitrogen and oxygen atoms in total. The molecule has 0 bridgehead atoms. The molecule has 0 spiro atoms. The predicted molar refractivity (Wildman–Crippen MR) is 79.1 cm³/mol. The molecule has 2 rings (SSSR count). The number of hydrogen-bond acceptors (Lipinski definition) is 2. The van der Waals surface area contributed by atoms with Gasteiger partial charge >= 0.3 is 0 Å². The number of thiazole rings is 1. The Morgan fingerprint density at radius 3 is 2.63 bits per heavy atom. The maximum atomic E-state index is 10.2. The average molecular weight is 276 g/mol. The van der Waals surface area contributed by atoms with Crippen LogP contribution in [0.1, 0.15) is 43.4 Å². The molecule has 1 atom stereocenters. The van der Waals surface area contributed by atoms with Crippen LogP contribution in [0.25, 0.3) is 0 Å². The molecule has 1 aromatic carbocycles. The van der Waals surface area contributed by atoms with Crippen molar-refractivity contribution >= 4 is 11.3 Å². The van der Waals surface area contributed by atoms with Gasteiger partial charge in [-0.1, -0.05) is 55.4 Å². The van der Waals surface area contributed by atoms with E-state index < -0.39 is 6.10 Å². The van der Waals surface area contributed by atoms with Gasteiger partial charge in [0.2, 0.25) is 5.51 Å². The topological polar surface area (TPSA) is 24.1 Å². The number of aromatic nitrogens is 1. The van der Waals surface area contributed by atoms with E-state index in [0.29, 0.717) is 6.54 Å². The summed E-state index contributed by atoms with van der Waals surface area (Å²) in [6, 6.07) is 8.40. The molecule has 3 heteroatoms. The van der Waals surface area contributed by atoms with E-state index in [-0.39, 0.29) is 0 Å². The zero-order valence-corrected chi connectivity index (χ0v) is 12.3. The van der Waals surface area contributed by atoms with Crippen molar-refractivity contribution in [2.75, 3.05) is 0 Å². The Morgan fingerprint density at radius 2 is 2.00 bits per heavy atom. The van der Waals surface area contributed by atoms with Gasteiger partial charge in [-0.3, -0.25) is 0 Å². The first-order chi connectivity index (χ1) is 9.29. The summed E-state index contributed by atoms with van der Waals surface area (Å²) in [5.41, 5.74) is 4.38. The summed E-state index contributed by atoms with van der Waals surface area (Å²) in [5.74, 6) is 0. The van der Waals surface area contributed by atoms with Crippen LogP contribution in [-0.2, 0) is 13.0 Å². The first-order valence-electron chi connectivity index (χ1n) is 6.97. The first kappa shape index (κ1) is 14.2. The molecule has 0 saturated carbocycles. The monoisotopic (exact) mass is 276 g/mol. The minimum absolute atomic E-state index is 0.427. The van der Waals surface area contributed by atoms with E-state index in [1.54, 1.807) is 11.3 Å². The number of unbranched alkanes of at least 4 members (excludes halogenated alkanes) is 2. The third kappa shape index (κ3) is 4.44. The maximum Gasteiger partial charge on any atom is 0.224 e. The number of aryl methyl sites for hydroxylation is 1. The van der Waals surface area contributed by atoms with E-state index in [4.69, 9.17) is 0 Å². The SMILES string of the molecule is CCCCCc1ccc(C(O)C[n+]2ccsc2)cc1. The minimum atomic E-state index is -0.427. The summed E-state index contributed by atoms with van der Waals surface area (Å²) < 4.78 is 2.02. The Bertz CT molecular complexity index is 464. The Hall–Kier alpha value is -1.19. The molecule has 0 aliphatic rings. The molecule has 102 valence electrons. The highest BCUT2D eigenvalue weighted by Crippen LogP contribution is 2.15. The molecule has 0 radical (unpaired) electrons. The maximum absolute atomic E-state index is 10.2. The van der Waals surface area contributed by atoms with Gasteiger partial charge in [-0.15, -0.1) is 0 Å². The van der Waals surface area contributed by atoms with Crippen molar-refractivity contribution in [1.29, 1.82) is 0 Å². The molecule has 1 N–H and O–H groups in total. The van der Waals surface area contributed by atoms with Crippen molar-refractivity contribution in [3.8, 4) is 0 Å². The van der Waals surface area contributed by atoms with Crippen LogP contribution in [0.5, 0.6) is 0 Å². The molecule has 0 saturated heterocycles. The van der Waals surface area contributed by atoms with Crippen LogP contribution in [0, 0.1) is 0 Å². The van der Waals surface area contributed by atoms with E-state index in [1.807, 2.05) is 21.7 Å². The Labute approximate surface area is 119 Å². The number of aliphatic hydroxyl groups is 1. The van der Waals surface area contributed by atoms with Gasteiger partial charge in [-0.05, 0) is 24.0 Å². The zero-order valence-electron chi connectivity index (χ0n) is 11.5. The number of hydrogen-bond donors (Lipinski definition) is 1. The number of nitrogens with zero attached hydrogens (tertiary/aromatic N) is 1. The summed E-state index contributed by atoms with van der Waals surface area (Å²) in [4.78, 5) is 0. The molecule has 19 heavy (non-hydrogen) atoms. The fraction of sp³-hybridized carbons (Fsp3) is 0.438. The van der Waals surface area contributed by atoms with Crippen LogP contribution in [0.2, 0.25) is 0 Å². The second-order valence-corrected chi connectivity index (χ2v) is 5.69. The van der Waals surface area contributed by atoms with Crippen molar-refractivity contribution in [2.45, 2.75) is 45.3 Å². The van der Waals surface area contributed by atoms with Crippen LogP contribution >= 0.6 is 11.3 Å². The van der Waals surface area contributed by atoms with Gasteiger partial charge in [0.1, 0.15) is 6.10 Å². The van der Waals surface area contributed by atoms with Crippen LogP contribution in [-0.4, -0.2) is 5.11 Å². The molecule has 0 amide bonds. The van der Waals surface area contributed by atoms with Gasteiger partial charge in [-0.2, -0.15) is 4.57 Å². The van der Waals surface area contributed by atoms with Crippen LogP contribution in [0.3, 0.4) is 0 Å². The summed E-state index contributed by atoms with van der Waals surface area (Å²) >= 11 is 1.64. The smallest absolute Gasteiger partial charge is 0.224 e.